The van der Waals surface area contributed by atoms with Gasteiger partial charge in [0.2, 0.25) is 0 Å². The number of nitrogens with one attached hydrogen (secondary N) is 1. The van der Waals surface area contributed by atoms with Gasteiger partial charge in [0, 0.05) is 12.6 Å². The molecule has 0 aromatic heterocycles. The molecule has 1 aliphatic rings. The molecule has 2 N–H and O–H groups in total. The van der Waals surface area contributed by atoms with Crippen LogP contribution < -0.4 is 5.32 Å². The van der Waals surface area contributed by atoms with E-state index in [1.807, 2.05) is 6.92 Å². The van der Waals surface area contributed by atoms with Gasteiger partial charge >= 0.3 is 5.97 Å². The molecule has 5 nitrogen and oxygen atoms in total. The molecule has 1 aliphatic carbocycles. The van der Waals surface area contributed by atoms with Crippen molar-refractivity contribution < 1.29 is 9.90 Å². The van der Waals surface area contributed by atoms with Gasteiger partial charge in [0.25, 0.3) is 0 Å². The summed E-state index contributed by atoms with van der Waals surface area (Å²) in [6, 6.07) is 0.417. The van der Waals surface area contributed by atoms with E-state index in [1.54, 1.807) is 0 Å². The minimum absolute atomic E-state index is 0.417. The summed E-state index contributed by atoms with van der Waals surface area (Å²) in [6.07, 6.45) is 4.02. The lowest BCUT2D eigenvalue weighted by molar-refractivity contribution is -0.144. The van der Waals surface area contributed by atoms with Crippen LogP contribution in [0, 0.1) is 0 Å². The van der Waals surface area contributed by atoms with Gasteiger partial charge < -0.3 is 14.9 Å². The Morgan fingerprint density at radius 1 is 1.30 bits per heavy atom. The number of carboxylic acid groups (broad SMARTS) is 1. The summed E-state index contributed by atoms with van der Waals surface area (Å²) in [4.78, 5) is 16.0. The van der Waals surface area contributed by atoms with Crippen LogP contribution in [0.25, 0.3) is 0 Å². The second-order valence-electron chi connectivity index (χ2n) is 6.40. The molecule has 1 saturated carbocycles. The third-order valence-electron chi connectivity index (χ3n) is 4.03. The summed E-state index contributed by atoms with van der Waals surface area (Å²) in [5.41, 5.74) is -0.782. The zero-order valence-electron chi connectivity index (χ0n) is 13.5. The monoisotopic (exact) mass is 285 g/mol. The van der Waals surface area contributed by atoms with Crippen molar-refractivity contribution in [3.63, 3.8) is 0 Å². The van der Waals surface area contributed by atoms with Gasteiger partial charge in [0.1, 0.15) is 5.54 Å². The van der Waals surface area contributed by atoms with Gasteiger partial charge in [0.15, 0.2) is 0 Å². The maximum Gasteiger partial charge on any atom is 0.323 e. The van der Waals surface area contributed by atoms with Crippen molar-refractivity contribution in [1.82, 2.24) is 15.1 Å². The van der Waals surface area contributed by atoms with Gasteiger partial charge in [-0.2, -0.15) is 0 Å². The Balaban J connectivity index is 2.37. The molecular weight excluding hydrogens is 254 g/mol. The molecule has 0 radical (unpaired) electrons. The van der Waals surface area contributed by atoms with E-state index in [0.717, 1.165) is 45.4 Å². The Morgan fingerprint density at radius 3 is 2.40 bits per heavy atom. The van der Waals surface area contributed by atoms with Gasteiger partial charge in [-0.15, -0.1) is 0 Å². The van der Waals surface area contributed by atoms with Crippen LogP contribution in [0.5, 0.6) is 0 Å². The molecule has 118 valence electrons. The summed E-state index contributed by atoms with van der Waals surface area (Å²) >= 11 is 0. The molecule has 0 aliphatic heterocycles. The quantitative estimate of drug-likeness (QED) is 0.598. The second-order valence-corrected chi connectivity index (χ2v) is 6.40. The first kappa shape index (κ1) is 17.4. The van der Waals surface area contributed by atoms with Crippen LogP contribution >= 0.6 is 0 Å². The SMILES string of the molecule is CCN(CCCN(C)C)CCC(C)(NC1CC1)C(=O)O. The molecule has 1 rings (SSSR count). The highest BCUT2D eigenvalue weighted by Crippen LogP contribution is 2.24. The summed E-state index contributed by atoms with van der Waals surface area (Å²) < 4.78 is 0. The Hall–Kier alpha value is -0.650. The first-order valence-electron chi connectivity index (χ1n) is 7.75. The molecule has 0 heterocycles. The maximum atomic E-state index is 11.5. The fourth-order valence-electron chi connectivity index (χ4n) is 2.34. The largest absolute Gasteiger partial charge is 0.480 e. The van der Waals surface area contributed by atoms with Crippen molar-refractivity contribution in [3.8, 4) is 0 Å². The molecular formula is C15H31N3O2. The van der Waals surface area contributed by atoms with Crippen LogP contribution in [0.3, 0.4) is 0 Å². The first-order valence-corrected chi connectivity index (χ1v) is 7.75. The minimum Gasteiger partial charge on any atom is -0.480 e. The van der Waals surface area contributed by atoms with Crippen molar-refractivity contribution >= 4 is 5.97 Å². The number of rotatable bonds is 11. The van der Waals surface area contributed by atoms with E-state index in [2.05, 4.69) is 36.1 Å². The highest BCUT2D eigenvalue weighted by molar-refractivity contribution is 5.78. The Morgan fingerprint density at radius 2 is 1.95 bits per heavy atom. The van der Waals surface area contributed by atoms with Crippen molar-refractivity contribution in [2.24, 2.45) is 0 Å². The molecule has 0 aromatic carbocycles. The first-order chi connectivity index (χ1) is 9.37. The maximum absolute atomic E-state index is 11.5. The summed E-state index contributed by atoms with van der Waals surface area (Å²) in [7, 11) is 4.16. The van der Waals surface area contributed by atoms with Crippen LogP contribution in [0.2, 0.25) is 0 Å². The number of aliphatic carboxylic acids is 1. The second kappa shape index (κ2) is 7.96. The molecule has 1 atom stereocenters. The molecule has 0 saturated heterocycles. The lowest BCUT2D eigenvalue weighted by atomic mass is 9.97. The van der Waals surface area contributed by atoms with Gasteiger partial charge in [-0.05, 0) is 66.3 Å². The van der Waals surface area contributed by atoms with Crippen LogP contribution in [0.4, 0.5) is 0 Å². The van der Waals surface area contributed by atoms with Crippen molar-refractivity contribution in [2.75, 3.05) is 40.3 Å². The molecule has 20 heavy (non-hydrogen) atoms. The standard InChI is InChI=1S/C15H31N3O2/c1-5-18(11-6-10-17(3)4)12-9-15(2,14(19)20)16-13-7-8-13/h13,16H,5-12H2,1-4H3,(H,19,20). The van der Waals surface area contributed by atoms with Crippen LogP contribution in [-0.4, -0.2) is 72.7 Å². The van der Waals surface area contributed by atoms with Crippen molar-refractivity contribution in [1.29, 1.82) is 0 Å². The van der Waals surface area contributed by atoms with E-state index < -0.39 is 11.5 Å². The molecule has 0 spiro atoms. The van der Waals surface area contributed by atoms with E-state index in [0.29, 0.717) is 12.5 Å². The highest BCUT2D eigenvalue weighted by atomic mass is 16.4. The van der Waals surface area contributed by atoms with Crippen molar-refractivity contribution in [2.45, 2.75) is 51.1 Å². The number of hydrogen-bond donors (Lipinski definition) is 2. The highest BCUT2D eigenvalue weighted by Gasteiger charge is 2.38. The van der Waals surface area contributed by atoms with E-state index in [4.69, 9.17) is 0 Å². The van der Waals surface area contributed by atoms with Gasteiger partial charge in [0.05, 0.1) is 0 Å². The van der Waals surface area contributed by atoms with E-state index >= 15 is 0 Å². The van der Waals surface area contributed by atoms with E-state index in [9.17, 15) is 9.90 Å². The topological polar surface area (TPSA) is 55.8 Å². The van der Waals surface area contributed by atoms with Gasteiger partial charge in [-0.1, -0.05) is 6.92 Å². The lowest BCUT2D eigenvalue weighted by Crippen LogP contribution is -2.52. The number of carbonyl (C=O) groups is 1. The number of hydrogen-bond acceptors (Lipinski definition) is 4. The average Bonchev–Trinajstić information content (AvgIpc) is 3.16. The van der Waals surface area contributed by atoms with Crippen LogP contribution in [0.15, 0.2) is 0 Å². The Labute approximate surface area is 123 Å². The normalized spacial score (nSPS) is 18.5. The fourth-order valence-corrected chi connectivity index (χ4v) is 2.34. The van der Waals surface area contributed by atoms with Gasteiger partial charge in [-0.3, -0.25) is 10.1 Å². The van der Waals surface area contributed by atoms with Crippen LogP contribution in [0.1, 0.15) is 39.5 Å². The predicted octanol–water partition coefficient (Wildman–Crippen LogP) is 1.25. The zero-order valence-corrected chi connectivity index (χ0v) is 13.5. The van der Waals surface area contributed by atoms with E-state index in [1.165, 1.54) is 0 Å². The third kappa shape index (κ3) is 6.20. The average molecular weight is 285 g/mol. The fraction of sp³-hybridized carbons (Fsp3) is 0.933. The molecule has 0 amide bonds. The van der Waals surface area contributed by atoms with E-state index in [-0.39, 0.29) is 0 Å². The minimum atomic E-state index is -0.782. The van der Waals surface area contributed by atoms with Crippen molar-refractivity contribution in [3.05, 3.63) is 0 Å². The van der Waals surface area contributed by atoms with Crippen LogP contribution in [-0.2, 0) is 4.79 Å². The number of nitrogens with zero attached hydrogens (tertiary/aromatic N) is 2. The number of carboxylic acids is 1. The summed E-state index contributed by atoms with van der Waals surface area (Å²) in [5, 5.41) is 12.7. The molecule has 5 heteroatoms. The predicted molar refractivity (Wildman–Crippen MR) is 82.1 cm³/mol. The van der Waals surface area contributed by atoms with Gasteiger partial charge in [-0.25, -0.2) is 0 Å². The zero-order chi connectivity index (χ0) is 15.2. The molecule has 1 fully saturated rings. The molecule has 1 unspecified atom stereocenters. The molecule has 0 bridgehead atoms. The molecule has 0 aromatic rings. The lowest BCUT2D eigenvalue weighted by Gasteiger charge is -2.30. The third-order valence-corrected chi connectivity index (χ3v) is 4.03. The summed E-state index contributed by atoms with van der Waals surface area (Å²) in [6.45, 7) is 7.89. The summed E-state index contributed by atoms with van der Waals surface area (Å²) in [5.74, 6) is -0.728. The Bertz CT molecular complexity index is 305. The Kier molecular flexibility index (Phi) is 6.92. The smallest absolute Gasteiger partial charge is 0.323 e.